The lowest BCUT2D eigenvalue weighted by Gasteiger charge is -2.34. The molecule has 1 unspecified atom stereocenters. The number of ether oxygens (including phenoxy) is 1. The molecule has 0 aromatic heterocycles. The van der Waals surface area contributed by atoms with Crippen LogP contribution in [0.3, 0.4) is 0 Å². The van der Waals surface area contributed by atoms with Gasteiger partial charge in [0.1, 0.15) is 12.1 Å². The molecular formula is C30H47N5O9. The standard InChI is InChI=1S/C30H47N5O9/c1-18(2)25(29(41)42)35(23(37)15-11-7-10-14-21-12-8-6-9-13-21)28(40)24(32)22(17-36)16-33-26(38)20(4)34(30(43)44-5)27(39)19(3)31/h6,8-9,12-13,18-20,22,24-25,36H,7,10-11,14-17,31-32H2,1-5H3,(H,33,38)(H,41,42)/t19-,20-,22?,24-,25-/m0/s1. The molecule has 1 aromatic carbocycles. The van der Waals surface area contributed by atoms with Crippen LogP contribution in [0.1, 0.15) is 58.9 Å². The van der Waals surface area contributed by atoms with E-state index in [2.05, 4.69) is 10.1 Å². The quantitative estimate of drug-likeness (QED) is 0.152. The van der Waals surface area contributed by atoms with Gasteiger partial charge in [-0.2, -0.15) is 0 Å². The van der Waals surface area contributed by atoms with Crippen LogP contribution in [-0.2, 0) is 35.1 Å². The van der Waals surface area contributed by atoms with E-state index in [0.717, 1.165) is 25.5 Å². The smallest absolute Gasteiger partial charge is 0.417 e. The number of nitrogens with zero attached hydrogens (tertiary/aromatic N) is 2. The number of carbonyl (C=O) groups excluding carboxylic acids is 5. The summed E-state index contributed by atoms with van der Waals surface area (Å²) in [4.78, 5) is 77.6. The van der Waals surface area contributed by atoms with Gasteiger partial charge in [0, 0.05) is 25.5 Å². The number of nitrogens with one attached hydrogen (secondary N) is 1. The van der Waals surface area contributed by atoms with Gasteiger partial charge in [0.05, 0.1) is 19.2 Å². The molecule has 14 heteroatoms. The number of nitrogens with two attached hydrogens (primary N) is 2. The molecule has 5 amide bonds. The van der Waals surface area contributed by atoms with Crippen LogP contribution in [0.5, 0.6) is 0 Å². The summed E-state index contributed by atoms with van der Waals surface area (Å²) in [6.45, 7) is 4.59. The Kier molecular flexibility index (Phi) is 16.2. The number of aliphatic hydroxyl groups is 1. The second kappa shape index (κ2) is 18.7. The number of aliphatic hydroxyl groups excluding tert-OH is 1. The van der Waals surface area contributed by atoms with Crippen LogP contribution in [0.25, 0.3) is 0 Å². The van der Waals surface area contributed by atoms with Crippen molar-refractivity contribution in [1.29, 1.82) is 0 Å². The average molecular weight is 622 g/mol. The summed E-state index contributed by atoms with van der Waals surface area (Å²) in [6, 6.07) is 4.25. The van der Waals surface area contributed by atoms with Gasteiger partial charge in [-0.25, -0.2) is 14.5 Å². The fraction of sp³-hybridized carbons (Fsp3) is 0.600. The first-order valence-electron chi connectivity index (χ1n) is 14.6. The molecule has 44 heavy (non-hydrogen) atoms. The van der Waals surface area contributed by atoms with Crippen molar-refractivity contribution in [2.45, 2.75) is 84.0 Å². The number of carboxylic acids is 1. The van der Waals surface area contributed by atoms with E-state index in [1.54, 1.807) is 13.8 Å². The molecule has 246 valence electrons. The van der Waals surface area contributed by atoms with Gasteiger partial charge in [0.15, 0.2) is 0 Å². The average Bonchev–Trinajstić information content (AvgIpc) is 2.98. The van der Waals surface area contributed by atoms with E-state index in [9.17, 15) is 39.0 Å². The van der Waals surface area contributed by atoms with E-state index in [-0.39, 0.29) is 6.42 Å². The summed E-state index contributed by atoms with van der Waals surface area (Å²) >= 11 is 0. The summed E-state index contributed by atoms with van der Waals surface area (Å²) < 4.78 is 4.58. The molecule has 0 aliphatic heterocycles. The highest BCUT2D eigenvalue weighted by Gasteiger charge is 2.41. The zero-order valence-electron chi connectivity index (χ0n) is 26.1. The van der Waals surface area contributed by atoms with E-state index in [4.69, 9.17) is 11.5 Å². The minimum absolute atomic E-state index is 0.0846. The lowest BCUT2D eigenvalue weighted by atomic mass is 9.95. The van der Waals surface area contributed by atoms with Crippen LogP contribution < -0.4 is 16.8 Å². The second-order valence-corrected chi connectivity index (χ2v) is 11.0. The maximum Gasteiger partial charge on any atom is 0.417 e. The molecule has 0 spiro atoms. The van der Waals surface area contributed by atoms with E-state index >= 15 is 0 Å². The Balaban J connectivity index is 3.01. The Hall–Kier alpha value is -3.88. The molecule has 0 heterocycles. The summed E-state index contributed by atoms with van der Waals surface area (Å²) in [6.07, 6.45) is 1.51. The lowest BCUT2D eigenvalue weighted by Crippen LogP contribution is -2.59. The third kappa shape index (κ3) is 11.0. The molecule has 14 nitrogen and oxygen atoms in total. The Labute approximate surface area is 258 Å². The molecule has 0 radical (unpaired) electrons. The summed E-state index contributed by atoms with van der Waals surface area (Å²) in [5, 5.41) is 22.3. The number of amides is 5. The van der Waals surface area contributed by atoms with Crippen molar-refractivity contribution in [3.63, 3.8) is 0 Å². The van der Waals surface area contributed by atoms with Crippen LogP contribution in [0.15, 0.2) is 30.3 Å². The largest absolute Gasteiger partial charge is 0.480 e. The van der Waals surface area contributed by atoms with Crippen molar-refractivity contribution in [1.82, 2.24) is 15.1 Å². The number of aliphatic carboxylic acids is 1. The highest BCUT2D eigenvalue weighted by Crippen LogP contribution is 2.19. The first kappa shape index (κ1) is 38.1. The molecule has 0 saturated carbocycles. The van der Waals surface area contributed by atoms with Gasteiger partial charge in [0.25, 0.3) is 0 Å². The van der Waals surface area contributed by atoms with E-state index in [1.807, 2.05) is 30.3 Å². The van der Waals surface area contributed by atoms with Gasteiger partial charge in [-0.1, -0.05) is 50.6 Å². The summed E-state index contributed by atoms with van der Waals surface area (Å²) in [5.74, 6) is -6.59. The SMILES string of the molecule is COC(=O)N(C(=O)[C@H](C)N)[C@@H](C)C(=O)NCC(CO)[C@H](N)C(=O)N(C(=O)CCCCCc1ccccc1)[C@H](C(=O)O)C(C)C. The maximum absolute atomic E-state index is 13.6. The number of hydrogen-bond donors (Lipinski definition) is 5. The number of rotatable bonds is 17. The summed E-state index contributed by atoms with van der Waals surface area (Å²) in [5.41, 5.74) is 12.9. The Morgan fingerprint density at radius 3 is 2.02 bits per heavy atom. The fourth-order valence-corrected chi connectivity index (χ4v) is 4.58. The zero-order chi connectivity index (χ0) is 33.6. The predicted octanol–water partition coefficient (Wildman–Crippen LogP) is 0.637. The summed E-state index contributed by atoms with van der Waals surface area (Å²) in [7, 11) is 1.03. The van der Waals surface area contributed by atoms with Crippen molar-refractivity contribution < 1.29 is 43.7 Å². The van der Waals surface area contributed by atoms with Crippen LogP contribution >= 0.6 is 0 Å². The molecule has 0 aliphatic carbocycles. The number of aryl methyl sites for hydroxylation is 1. The number of carbonyl (C=O) groups is 6. The molecule has 7 N–H and O–H groups in total. The van der Waals surface area contributed by atoms with Gasteiger partial charge >= 0.3 is 12.1 Å². The minimum atomic E-state index is -1.57. The molecule has 1 aromatic rings. The topological polar surface area (TPSA) is 223 Å². The molecule has 0 bridgehead atoms. The van der Waals surface area contributed by atoms with Crippen molar-refractivity contribution in [3.05, 3.63) is 35.9 Å². The highest BCUT2D eigenvalue weighted by atomic mass is 16.5. The number of hydrogen-bond acceptors (Lipinski definition) is 10. The zero-order valence-corrected chi connectivity index (χ0v) is 26.1. The monoisotopic (exact) mass is 621 g/mol. The molecule has 5 atom stereocenters. The highest BCUT2D eigenvalue weighted by molar-refractivity contribution is 6.02. The van der Waals surface area contributed by atoms with Gasteiger partial charge in [0.2, 0.25) is 23.6 Å². The van der Waals surface area contributed by atoms with Gasteiger partial charge < -0.3 is 31.7 Å². The molecule has 1 rings (SSSR count). The van der Waals surface area contributed by atoms with E-state index in [0.29, 0.717) is 22.6 Å². The predicted molar refractivity (Wildman–Crippen MR) is 161 cm³/mol. The third-order valence-electron chi connectivity index (χ3n) is 7.20. The van der Waals surface area contributed by atoms with Crippen molar-refractivity contribution in [3.8, 4) is 0 Å². The van der Waals surface area contributed by atoms with Gasteiger partial charge in [-0.3, -0.25) is 24.1 Å². The number of unbranched alkanes of at least 4 members (excludes halogenated alkanes) is 2. The van der Waals surface area contributed by atoms with Crippen LogP contribution in [0.4, 0.5) is 4.79 Å². The lowest BCUT2D eigenvalue weighted by molar-refractivity contribution is -0.161. The van der Waals surface area contributed by atoms with E-state index < -0.39 is 84.8 Å². The number of methoxy groups -OCH3 is 1. The first-order valence-corrected chi connectivity index (χ1v) is 14.6. The van der Waals surface area contributed by atoms with Crippen LogP contribution in [0, 0.1) is 11.8 Å². The third-order valence-corrected chi connectivity index (χ3v) is 7.20. The van der Waals surface area contributed by atoms with Crippen LogP contribution in [0.2, 0.25) is 0 Å². The van der Waals surface area contributed by atoms with Gasteiger partial charge in [-0.15, -0.1) is 0 Å². The number of benzene rings is 1. The Morgan fingerprint density at radius 2 is 1.52 bits per heavy atom. The van der Waals surface area contributed by atoms with Crippen molar-refractivity contribution in [2.75, 3.05) is 20.3 Å². The van der Waals surface area contributed by atoms with Gasteiger partial charge in [-0.05, 0) is 44.6 Å². The second-order valence-electron chi connectivity index (χ2n) is 11.0. The first-order chi connectivity index (χ1) is 20.7. The maximum atomic E-state index is 13.6. The Bertz CT molecular complexity index is 1130. The molecule has 0 fully saturated rings. The minimum Gasteiger partial charge on any atom is -0.480 e. The van der Waals surface area contributed by atoms with Crippen molar-refractivity contribution >= 4 is 35.7 Å². The molecule has 0 saturated heterocycles. The number of imide groups is 2. The number of carboxylic acid groups (broad SMARTS) is 1. The normalized spacial score (nSPS) is 14.5. The fourth-order valence-electron chi connectivity index (χ4n) is 4.58. The Morgan fingerprint density at radius 1 is 0.909 bits per heavy atom. The van der Waals surface area contributed by atoms with E-state index in [1.165, 1.54) is 13.8 Å². The van der Waals surface area contributed by atoms with Crippen molar-refractivity contribution in [2.24, 2.45) is 23.3 Å². The molecule has 0 aliphatic rings. The van der Waals surface area contributed by atoms with Crippen LogP contribution in [-0.4, -0.2) is 100 Å². The molecular weight excluding hydrogens is 574 g/mol.